The van der Waals surface area contributed by atoms with Gasteiger partial charge >= 0.3 is 0 Å². The number of unbranched alkanes of at least 4 members (excludes halogenated alkanes) is 7. The van der Waals surface area contributed by atoms with Crippen LogP contribution in [0.5, 0.6) is 0 Å². The zero-order valence-corrected chi connectivity index (χ0v) is 20.3. The van der Waals surface area contributed by atoms with E-state index in [1.807, 2.05) is 18.5 Å². The molecule has 0 unspecified atom stereocenters. The molecule has 33 heavy (non-hydrogen) atoms. The Morgan fingerprint density at radius 1 is 1.00 bits per heavy atom. The summed E-state index contributed by atoms with van der Waals surface area (Å²) in [7, 11) is 1.49. The van der Waals surface area contributed by atoms with Crippen LogP contribution < -0.4 is 0 Å². The summed E-state index contributed by atoms with van der Waals surface area (Å²) in [6.45, 7) is 2.20. The van der Waals surface area contributed by atoms with Gasteiger partial charge in [-0.25, -0.2) is 0 Å². The van der Waals surface area contributed by atoms with E-state index in [-0.39, 0.29) is 0 Å². The molecule has 0 amide bonds. The molecular weight excluding hydrogens is 424 g/mol. The van der Waals surface area contributed by atoms with Crippen molar-refractivity contribution in [2.45, 2.75) is 102 Å². The normalized spacial score (nSPS) is 26.6. The molecule has 8 nitrogen and oxygen atoms in total. The lowest BCUT2D eigenvalue weighted by Crippen LogP contribution is -2.63. The first-order valence-electron chi connectivity index (χ1n) is 12.5. The zero-order chi connectivity index (χ0) is 24.1. The first-order chi connectivity index (χ1) is 16.0. The number of ether oxygens (including phenoxy) is 1. The number of aromatic nitrogens is 1. The van der Waals surface area contributed by atoms with E-state index >= 15 is 0 Å². The van der Waals surface area contributed by atoms with Crippen LogP contribution in [0.4, 0.5) is 0 Å². The van der Waals surface area contributed by atoms with E-state index in [1.165, 1.54) is 62.7 Å². The Bertz CT molecular complexity index is 620. The van der Waals surface area contributed by atoms with Gasteiger partial charge in [0.2, 0.25) is 0 Å². The second kappa shape index (κ2) is 15.7. The lowest BCUT2D eigenvalue weighted by atomic mass is 9.97. The highest BCUT2D eigenvalue weighted by molar-refractivity contribution is 5.08. The van der Waals surface area contributed by atoms with Crippen LogP contribution in [0.25, 0.3) is 0 Å². The Hall–Kier alpha value is -1.13. The molecule has 1 saturated heterocycles. The van der Waals surface area contributed by atoms with Crippen molar-refractivity contribution in [3.05, 3.63) is 30.1 Å². The van der Waals surface area contributed by atoms with Crippen LogP contribution in [0, 0.1) is 5.92 Å². The molecule has 6 atom stereocenters. The third-order valence-corrected chi connectivity index (χ3v) is 6.51. The predicted octanol–water partition coefficient (Wildman–Crippen LogP) is 2.43. The Morgan fingerprint density at radius 2 is 1.67 bits per heavy atom. The van der Waals surface area contributed by atoms with Crippen LogP contribution in [-0.4, -0.2) is 81.4 Å². The maximum absolute atomic E-state index is 10.3. The molecule has 1 aromatic rings. The maximum atomic E-state index is 10.3. The number of aliphatic hydroxyl groups excluding tert-OH is 4. The summed E-state index contributed by atoms with van der Waals surface area (Å²) in [5.41, 5.74) is 1.32. The standard InChI is InChI=1S/C25H44N2O6/c1-19(17-27(32-2)25-24(31)23(30)22(29)21(18-28)33-25)12-9-7-5-3-4-6-8-10-13-20-14-11-15-26-16-20/h11,14-16,19,21-25,28-31H,3-10,12-13,17-18H2,1-2H3/t19-,21-,22-,23+,24-,25-/m1/s1. The summed E-state index contributed by atoms with van der Waals surface area (Å²) < 4.78 is 5.60. The van der Waals surface area contributed by atoms with Gasteiger partial charge in [0.25, 0.3) is 0 Å². The van der Waals surface area contributed by atoms with Gasteiger partial charge in [0.1, 0.15) is 24.4 Å². The van der Waals surface area contributed by atoms with Gasteiger partial charge in [-0.1, -0.05) is 57.9 Å². The zero-order valence-electron chi connectivity index (χ0n) is 20.3. The minimum Gasteiger partial charge on any atom is -0.394 e. The summed E-state index contributed by atoms with van der Waals surface area (Å²) in [4.78, 5) is 9.56. The summed E-state index contributed by atoms with van der Waals surface area (Å²) >= 11 is 0. The van der Waals surface area contributed by atoms with Crippen molar-refractivity contribution in [1.29, 1.82) is 0 Å². The van der Waals surface area contributed by atoms with E-state index in [1.54, 1.807) is 0 Å². The number of rotatable bonds is 16. The number of hydroxylamine groups is 2. The molecule has 0 radical (unpaired) electrons. The number of pyridine rings is 1. The van der Waals surface area contributed by atoms with Gasteiger partial charge < -0.3 is 25.2 Å². The molecule has 0 saturated carbocycles. The van der Waals surface area contributed by atoms with E-state index in [0.717, 1.165) is 19.3 Å². The van der Waals surface area contributed by atoms with Crippen molar-refractivity contribution in [3.8, 4) is 0 Å². The molecule has 0 bridgehead atoms. The van der Waals surface area contributed by atoms with Crippen LogP contribution >= 0.6 is 0 Å². The minimum absolute atomic E-state index is 0.310. The van der Waals surface area contributed by atoms with Crippen molar-refractivity contribution in [1.82, 2.24) is 10.0 Å². The van der Waals surface area contributed by atoms with Gasteiger partial charge in [-0.15, -0.1) is 0 Å². The largest absolute Gasteiger partial charge is 0.394 e. The number of aryl methyl sites for hydroxylation is 1. The highest BCUT2D eigenvalue weighted by Crippen LogP contribution is 2.25. The molecule has 1 aliphatic heterocycles. The van der Waals surface area contributed by atoms with Gasteiger partial charge in [0, 0.05) is 18.9 Å². The van der Waals surface area contributed by atoms with Gasteiger partial charge in [-0.05, 0) is 36.8 Å². The Morgan fingerprint density at radius 3 is 2.27 bits per heavy atom. The third kappa shape index (κ3) is 9.56. The van der Waals surface area contributed by atoms with E-state index in [4.69, 9.17) is 9.57 Å². The molecule has 0 aliphatic carbocycles. The van der Waals surface area contributed by atoms with Crippen molar-refractivity contribution in [2.24, 2.45) is 5.92 Å². The highest BCUT2D eigenvalue weighted by Gasteiger charge is 2.46. The van der Waals surface area contributed by atoms with Crippen molar-refractivity contribution < 1.29 is 30.0 Å². The second-order valence-corrected chi connectivity index (χ2v) is 9.34. The lowest BCUT2D eigenvalue weighted by Gasteiger charge is -2.44. The molecular formula is C25H44N2O6. The summed E-state index contributed by atoms with van der Waals surface area (Å²) in [5, 5.41) is 41.1. The van der Waals surface area contributed by atoms with E-state index in [0.29, 0.717) is 12.5 Å². The number of nitrogens with zero attached hydrogens (tertiary/aromatic N) is 2. The molecule has 190 valence electrons. The molecule has 1 aliphatic rings. The highest BCUT2D eigenvalue weighted by atomic mass is 16.7. The quantitative estimate of drug-likeness (QED) is 0.216. The van der Waals surface area contributed by atoms with E-state index in [9.17, 15) is 20.4 Å². The molecule has 0 spiro atoms. The Kier molecular flexibility index (Phi) is 13.4. The number of hydrogen-bond donors (Lipinski definition) is 4. The molecule has 0 aromatic carbocycles. The summed E-state index contributed by atoms with van der Waals surface area (Å²) in [5.74, 6) is 0.310. The molecule has 1 fully saturated rings. The van der Waals surface area contributed by atoms with Crippen molar-refractivity contribution in [3.63, 3.8) is 0 Å². The summed E-state index contributed by atoms with van der Waals surface area (Å²) in [6, 6.07) is 4.14. The van der Waals surface area contributed by atoms with Crippen LogP contribution in [0.15, 0.2) is 24.5 Å². The topological polar surface area (TPSA) is 116 Å². The van der Waals surface area contributed by atoms with Gasteiger partial charge in [0.15, 0.2) is 6.23 Å². The molecule has 2 heterocycles. The predicted molar refractivity (Wildman–Crippen MR) is 126 cm³/mol. The van der Waals surface area contributed by atoms with Crippen molar-refractivity contribution in [2.75, 3.05) is 20.3 Å². The van der Waals surface area contributed by atoms with Gasteiger partial charge in [-0.3, -0.25) is 9.82 Å². The van der Waals surface area contributed by atoms with Crippen LogP contribution in [0.3, 0.4) is 0 Å². The lowest BCUT2D eigenvalue weighted by molar-refractivity contribution is -0.330. The van der Waals surface area contributed by atoms with Gasteiger partial charge in [-0.2, -0.15) is 5.06 Å². The third-order valence-electron chi connectivity index (χ3n) is 6.51. The van der Waals surface area contributed by atoms with E-state index < -0.39 is 37.3 Å². The fraction of sp³-hybridized carbons (Fsp3) is 0.800. The maximum Gasteiger partial charge on any atom is 0.162 e. The van der Waals surface area contributed by atoms with E-state index in [2.05, 4.69) is 18.0 Å². The Labute approximate surface area is 198 Å². The molecule has 1 aromatic heterocycles. The monoisotopic (exact) mass is 468 g/mol. The smallest absolute Gasteiger partial charge is 0.162 e. The number of hydrogen-bond acceptors (Lipinski definition) is 8. The first kappa shape index (κ1) is 28.1. The van der Waals surface area contributed by atoms with Crippen LogP contribution in [0.2, 0.25) is 0 Å². The number of aliphatic hydroxyl groups is 4. The molecule has 8 heteroatoms. The van der Waals surface area contributed by atoms with Crippen molar-refractivity contribution >= 4 is 0 Å². The fourth-order valence-corrected chi connectivity index (χ4v) is 4.43. The SMILES string of the molecule is CON(C[C@H](C)CCCCCCCCCCc1cccnc1)[C@@H]1O[C@H](CO)[C@@H](O)[C@H](O)[C@H]1O. The summed E-state index contributed by atoms with van der Waals surface area (Å²) in [6.07, 6.45) is 9.91. The average molecular weight is 469 g/mol. The van der Waals surface area contributed by atoms with Crippen LogP contribution in [0.1, 0.15) is 70.3 Å². The first-order valence-corrected chi connectivity index (χ1v) is 12.5. The van der Waals surface area contributed by atoms with Gasteiger partial charge in [0.05, 0.1) is 13.7 Å². The van der Waals surface area contributed by atoms with Crippen LogP contribution in [-0.2, 0) is 16.0 Å². The molecule has 4 N–H and O–H groups in total. The minimum atomic E-state index is -1.40. The fourth-order valence-electron chi connectivity index (χ4n) is 4.43. The Balaban J connectivity index is 1.54. The molecule has 2 rings (SSSR count). The second-order valence-electron chi connectivity index (χ2n) is 9.34. The average Bonchev–Trinajstić information content (AvgIpc) is 2.83.